The Morgan fingerprint density at radius 1 is 1.00 bits per heavy atom. The Hall–Kier alpha value is -2.78. The molecule has 2 aromatic rings. The molecule has 0 aliphatic rings. The molecule has 2 rings (SSSR count). The van der Waals surface area contributed by atoms with E-state index in [1.807, 2.05) is 19.9 Å². The summed E-state index contributed by atoms with van der Waals surface area (Å²) in [5.74, 6) is 1.55. The molecule has 2 aromatic carbocycles. The third-order valence-corrected chi connectivity index (χ3v) is 5.86. The van der Waals surface area contributed by atoms with Gasteiger partial charge in [0.2, 0.25) is 10.0 Å². The van der Waals surface area contributed by atoms with Gasteiger partial charge in [-0.15, -0.1) is 0 Å². The summed E-state index contributed by atoms with van der Waals surface area (Å²) in [5, 5.41) is 2.77. The predicted molar refractivity (Wildman–Crippen MR) is 118 cm³/mol. The predicted octanol–water partition coefficient (Wildman–Crippen LogP) is 2.64. The van der Waals surface area contributed by atoms with Crippen LogP contribution in [-0.4, -0.2) is 41.7 Å². The zero-order valence-corrected chi connectivity index (χ0v) is 19.3. The average Bonchev–Trinajstić information content (AvgIpc) is 2.75. The van der Waals surface area contributed by atoms with Gasteiger partial charge < -0.3 is 19.5 Å². The Morgan fingerprint density at radius 3 is 2.29 bits per heavy atom. The first-order valence-corrected chi connectivity index (χ1v) is 11.3. The summed E-state index contributed by atoms with van der Waals surface area (Å²) < 4.78 is 43.3. The molecule has 8 nitrogen and oxygen atoms in total. The normalized spacial score (nSPS) is 11.3. The van der Waals surface area contributed by atoms with Crippen LogP contribution in [0.5, 0.6) is 17.2 Å². The minimum atomic E-state index is -3.58. The maximum atomic E-state index is 12.3. The first-order valence-electron chi connectivity index (χ1n) is 9.87. The maximum absolute atomic E-state index is 12.3. The van der Waals surface area contributed by atoms with Crippen LogP contribution < -0.4 is 24.2 Å². The van der Waals surface area contributed by atoms with Crippen molar-refractivity contribution in [1.29, 1.82) is 0 Å². The summed E-state index contributed by atoms with van der Waals surface area (Å²) in [6, 6.07) is 9.94. The number of hydrogen-bond donors (Lipinski definition) is 2. The molecule has 0 radical (unpaired) electrons. The second kappa shape index (κ2) is 11.0. The van der Waals surface area contributed by atoms with Crippen LogP contribution in [-0.2, 0) is 21.4 Å². The summed E-state index contributed by atoms with van der Waals surface area (Å²) in [6.45, 7) is 6.08. The fourth-order valence-electron chi connectivity index (χ4n) is 2.70. The van der Waals surface area contributed by atoms with Crippen LogP contribution in [0.4, 0.5) is 0 Å². The quantitative estimate of drug-likeness (QED) is 0.546. The van der Waals surface area contributed by atoms with Crippen molar-refractivity contribution in [3.05, 3.63) is 47.5 Å². The third-order valence-electron chi connectivity index (χ3n) is 4.43. The van der Waals surface area contributed by atoms with Crippen molar-refractivity contribution in [2.75, 3.05) is 27.4 Å². The van der Waals surface area contributed by atoms with Crippen LogP contribution in [0.15, 0.2) is 41.3 Å². The molecule has 2 N–H and O–H groups in total. The number of hydrogen-bond acceptors (Lipinski definition) is 6. The molecule has 0 aliphatic heterocycles. The first-order chi connectivity index (χ1) is 14.7. The highest BCUT2D eigenvalue weighted by Crippen LogP contribution is 2.27. The number of benzene rings is 2. The summed E-state index contributed by atoms with van der Waals surface area (Å²) in [4.78, 5) is 12.3. The van der Waals surface area contributed by atoms with Crippen molar-refractivity contribution in [3.8, 4) is 17.2 Å². The minimum absolute atomic E-state index is 0.163. The van der Waals surface area contributed by atoms with Gasteiger partial charge in [-0.05, 0) is 54.3 Å². The van der Waals surface area contributed by atoms with Crippen molar-refractivity contribution in [2.45, 2.75) is 32.2 Å². The monoisotopic (exact) mass is 450 g/mol. The fourth-order valence-corrected chi connectivity index (χ4v) is 3.99. The Kier molecular flexibility index (Phi) is 8.70. The summed E-state index contributed by atoms with van der Waals surface area (Å²) >= 11 is 0. The molecule has 0 fully saturated rings. The van der Waals surface area contributed by atoms with Crippen molar-refractivity contribution < 1.29 is 27.4 Å². The maximum Gasteiger partial charge on any atom is 0.258 e. The van der Waals surface area contributed by atoms with Crippen LogP contribution in [0.25, 0.3) is 0 Å². The van der Waals surface area contributed by atoms with E-state index >= 15 is 0 Å². The van der Waals surface area contributed by atoms with Gasteiger partial charge in [0, 0.05) is 13.1 Å². The van der Waals surface area contributed by atoms with E-state index in [0.717, 1.165) is 5.56 Å². The van der Waals surface area contributed by atoms with Crippen LogP contribution in [0.2, 0.25) is 0 Å². The van der Waals surface area contributed by atoms with Gasteiger partial charge in [-0.3, -0.25) is 4.79 Å². The number of aryl methyl sites for hydroxylation is 1. The van der Waals surface area contributed by atoms with Gasteiger partial charge >= 0.3 is 0 Å². The first kappa shape index (κ1) is 24.5. The van der Waals surface area contributed by atoms with Crippen molar-refractivity contribution in [2.24, 2.45) is 5.92 Å². The summed E-state index contributed by atoms with van der Waals surface area (Å²) in [7, 11) is -0.473. The number of sulfonamides is 1. The Bertz CT molecular complexity index is 1010. The number of nitrogens with one attached hydrogen (secondary N) is 2. The molecule has 0 unspecified atom stereocenters. The third kappa shape index (κ3) is 7.15. The van der Waals surface area contributed by atoms with E-state index in [0.29, 0.717) is 35.9 Å². The standard InChI is InChI=1S/C22H30N2O6S/c1-15(2)12-24-31(26,27)18-7-9-19(16(3)10-18)30-14-22(25)23-13-17-6-8-20(28-4)21(11-17)29-5/h6-11,15,24H,12-14H2,1-5H3,(H,23,25). The zero-order valence-electron chi connectivity index (χ0n) is 18.5. The smallest absolute Gasteiger partial charge is 0.258 e. The second-order valence-corrected chi connectivity index (χ2v) is 9.19. The zero-order chi connectivity index (χ0) is 23.0. The molecule has 0 saturated heterocycles. The largest absolute Gasteiger partial charge is 0.493 e. The molecule has 170 valence electrons. The SMILES string of the molecule is COc1ccc(CNC(=O)COc2ccc(S(=O)(=O)NCC(C)C)cc2C)cc1OC. The molecule has 9 heteroatoms. The van der Waals surface area contributed by atoms with Crippen LogP contribution >= 0.6 is 0 Å². The van der Waals surface area contributed by atoms with Gasteiger partial charge in [0.05, 0.1) is 19.1 Å². The molecule has 31 heavy (non-hydrogen) atoms. The van der Waals surface area contributed by atoms with Gasteiger partial charge in [-0.1, -0.05) is 19.9 Å². The molecule has 0 spiro atoms. The van der Waals surface area contributed by atoms with Crippen LogP contribution in [0.3, 0.4) is 0 Å². The number of amides is 1. The number of carbonyl (C=O) groups excluding carboxylic acids is 1. The van der Waals surface area contributed by atoms with E-state index in [2.05, 4.69) is 10.0 Å². The lowest BCUT2D eigenvalue weighted by Gasteiger charge is -2.13. The van der Waals surface area contributed by atoms with E-state index in [1.165, 1.54) is 12.1 Å². The highest BCUT2D eigenvalue weighted by Gasteiger charge is 2.16. The van der Waals surface area contributed by atoms with E-state index in [4.69, 9.17) is 14.2 Å². The van der Waals surface area contributed by atoms with Crippen molar-refractivity contribution >= 4 is 15.9 Å². The topological polar surface area (TPSA) is 103 Å². The lowest BCUT2D eigenvalue weighted by Crippen LogP contribution is -2.28. The lowest BCUT2D eigenvalue weighted by molar-refractivity contribution is -0.123. The minimum Gasteiger partial charge on any atom is -0.493 e. The lowest BCUT2D eigenvalue weighted by atomic mass is 10.2. The van der Waals surface area contributed by atoms with Crippen molar-refractivity contribution in [1.82, 2.24) is 10.0 Å². The van der Waals surface area contributed by atoms with E-state index < -0.39 is 10.0 Å². The van der Waals surface area contributed by atoms with Gasteiger partial charge in [0.15, 0.2) is 18.1 Å². The van der Waals surface area contributed by atoms with E-state index in [9.17, 15) is 13.2 Å². The van der Waals surface area contributed by atoms with Crippen LogP contribution in [0.1, 0.15) is 25.0 Å². The van der Waals surface area contributed by atoms with Gasteiger partial charge in [-0.25, -0.2) is 13.1 Å². The molecule has 0 atom stereocenters. The van der Waals surface area contributed by atoms with Gasteiger partial charge in [-0.2, -0.15) is 0 Å². The Morgan fingerprint density at radius 2 is 1.68 bits per heavy atom. The average molecular weight is 451 g/mol. The van der Waals surface area contributed by atoms with Crippen molar-refractivity contribution in [3.63, 3.8) is 0 Å². The Labute approximate surface area is 184 Å². The molecule has 0 bridgehead atoms. The molecule has 0 saturated carbocycles. The highest BCUT2D eigenvalue weighted by atomic mass is 32.2. The number of ether oxygens (including phenoxy) is 3. The summed E-state index contributed by atoms with van der Waals surface area (Å²) in [6.07, 6.45) is 0. The summed E-state index contributed by atoms with van der Waals surface area (Å²) in [5.41, 5.74) is 1.48. The Balaban J connectivity index is 1.92. The van der Waals surface area contributed by atoms with Crippen LogP contribution in [0, 0.1) is 12.8 Å². The van der Waals surface area contributed by atoms with Gasteiger partial charge in [0.25, 0.3) is 5.91 Å². The number of methoxy groups -OCH3 is 2. The fraction of sp³-hybridized carbons (Fsp3) is 0.409. The second-order valence-electron chi connectivity index (χ2n) is 7.43. The molecule has 1 amide bonds. The molecular formula is C22H30N2O6S. The molecule has 0 aromatic heterocycles. The highest BCUT2D eigenvalue weighted by molar-refractivity contribution is 7.89. The van der Waals surface area contributed by atoms with Gasteiger partial charge in [0.1, 0.15) is 5.75 Å². The molecular weight excluding hydrogens is 420 g/mol. The number of carbonyl (C=O) groups is 1. The molecule has 0 heterocycles. The molecule has 0 aliphatic carbocycles. The van der Waals surface area contributed by atoms with E-state index in [-0.39, 0.29) is 23.3 Å². The van der Waals surface area contributed by atoms with E-state index in [1.54, 1.807) is 39.3 Å². The number of rotatable bonds is 11.